The lowest BCUT2D eigenvalue weighted by molar-refractivity contribution is -0.253. The highest BCUT2D eigenvalue weighted by molar-refractivity contribution is 5.74. The van der Waals surface area contributed by atoms with Crippen LogP contribution in [-0.2, 0) is 20.8 Å². The van der Waals surface area contributed by atoms with Gasteiger partial charge in [0.1, 0.15) is 0 Å². The number of carbonyl (C=O) groups excluding carboxylic acids is 1. The normalized spacial score (nSPS) is 19.8. The highest BCUT2D eigenvalue weighted by Gasteiger charge is 2.35. The minimum absolute atomic E-state index is 0.0221. The molecule has 2 atom stereocenters. The van der Waals surface area contributed by atoms with Crippen molar-refractivity contribution in [3.63, 3.8) is 0 Å². The molecule has 17 heavy (non-hydrogen) atoms. The van der Waals surface area contributed by atoms with Crippen LogP contribution in [0, 0.1) is 5.92 Å². The van der Waals surface area contributed by atoms with Crippen molar-refractivity contribution < 1.29 is 19.7 Å². The predicted molar refractivity (Wildman–Crippen MR) is 61.6 cm³/mol. The number of esters is 1. The Bertz CT molecular complexity index is 402. The maximum absolute atomic E-state index is 11.7. The van der Waals surface area contributed by atoms with E-state index in [4.69, 9.17) is 9.99 Å². The van der Waals surface area contributed by atoms with Crippen LogP contribution in [0.4, 0.5) is 0 Å². The van der Waals surface area contributed by atoms with Gasteiger partial charge >= 0.3 is 5.97 Å². The van der Waals surface area contributed by atoms with Gasteiger partial charge in [0.05, 0.1) is 19.6 Å². The molecule has 1 aliphatic rings. The molecule has 0 bridgehead atoms. The monoisotopic (exact) mass is 236 g/mol. The molecule has 4 heteroatoms. The zero-order chi connectivity index (χ0) is 12.3. The van der Waals surface area contributed by atoms with E-state index in [0.29, 0.717) is 0 Å². The summed E-state index contributed by atoms with van der Waals surface area (Å²) in [4.78, 5) is 15.8. The molecular formula is C13H16O4. The molecule has 0 heterocycles. The summed E-state index contributed by atoms with van der Waals surface area (Å²) in [5.41, 5.74) is 2.43. The lowest BCUT2D eigenvalue weighted by Gasteiger charge is -2.20. The fourth-order valence-corrected chi connectivity index (χ4v) is 2.59. The fraction of sp³-hybridized carbons (Fsp3) is 0.462. The average molecular weight is 236 g/mol. The molecule has 92 valence electrons. The van der Waals surface area contributed by atoms with E-state index in [0.717, 1.165) is 12.8 Å². The number of benzene rings is 1. The highest BCUT2D eigenvalue weighted by Crippen LogP contribution is 2.38. The first-order valence-electron chi connectivity index (χ1n) is 5.70. The first-order chi connectivity index (χ1) is 8.27. The Morgan fingerprint density at radius 3 is 3.00 bits per heavy atom. The molecule has 2 unspecified atom stereocenters. The Balaban J connectivity index is 2.24. The van der Waals surface area contributed by atoms with Crippen LogP contribution in [0.3, 0.4) is 0 Å². The van der Waals surface area contributed by atoms with Crippen LogP contribution in [0.2, 0.25) is 0 Å². The van der Waals surface area contributed by atoms with E-state index in [2.05, 4.69) is 11.0 Å². The SMILES string of the molecule is COC(=O)C(COO)C1CCc2ccccc21. The number of aryl methyl sites for hydroxylation is 1. The van der Waals surface area contributed by atoms with Gasteiger partial charge in [-0.15, -0.1) is 0 Å². The summed E-state index contributed by atoms with van der Waals surface area (Å²) >= 11 is 0. The number of methoxy groups -OCH3 is 1. The van der Waals surface area contributed by atoms with Crippen molar-refractivity contribution >= 4 is 5.97 Å². The van der Waals surface area contributed by atoms with Crippen molar-refractivity contribution in [2.45, 2.75) is 18.8 Å². The molecule has 0 fully saturated rings. The van der Waals surface area contributed by atoms with Gasteiger partial charge in [0.2, 0.25) is 0 Å². The van der Waals surface area contributed by atoms with Crippen LogP contribution < -0.4 is 0 Å². The topological polar surface area (TPSA) is 55.8 Å². The number of fused-ring (bicyclic) bond motifs is 1. The quantitative estimate of drug-likeness (QED) is 0.493. The summed E-state index contributed by atoms with van der Waals surface area (Å²) in [6.45, 7) is -0.0221. The molecular weight excluding hydrogens is 220 g/mol. The summed E-state index contributed by atoms with van der Waals surface area (Å²) < 4.78 is 4.76. The van der Waals surface area contributed by atoms with E-state index in [1.165, 1.54) is 18.2 Å². The van der Waals surface area contributed by atoms with E-state index in [1.54, 1.807) is 0 Å². The van der Waals surface area contributed by atoms with E-state index in [1.807, 2.05) is 18.2 Å². The molecule has 1 N–H and O–H groups in total. The minimum Gasteiger partial charge on any atom is -0.469 e. The third kappa shape index (κ3) is 2.33. The van der Waals surface area contributed by atoms with Crippen LogP contribution in [0.25, 0.3) is 0 Å². The van der Waals surface area contributed by atoms with Crippen molar-refractivity contribution in [2.24, 2.45) is 5.92 Å². The molecule has 0 saturated carbocycles. The first kappa shape index (κ1) is 12.1. The number of ether oxygens (including phenoxy) is 1. The van der Waals surface area contributed by atoms with Gasteiger partial charge in [-0.1, -0.05) is 24.3 Å². The third-order valence-corrected chi connectivity index (χ3v) is 3.42. The van der Waals surface area contributed by atoms with E-state index >= 15 is 0 Å². The van der Waals surface area contributed by atoms with Crippen molar-refractivity contribution in [2.75, 3.05) is 13.7 Å². The lowest BCUT2D eigenvalue weighted by atomic mass is 9.88. The van der Waals surface area contributed by atoms with Crippen molar-refractivity contribution in [3.05, 3.63) is 35.4 Å². The van der Waals surface area contributed by atoms with Crippen molar-refractivity contribution in [1.82, 2.24) is 0 Å². The molecule has 0 aromatic heterocycles. The average Bonchev–Trinajstić information content (AvgIpc) is 2.79. The largest absolute Gasteiger partial charge is 0.469 e. The van der Waals surface area contributed by atoms with Gasteiger partial charge in [-0.05, 0) is 24.0 Å². The van der Waals surface area contributed by atoms with Crippen LogP contribution in [0.5, 0.6) is 0 Å². The van der Waals surface area contributed by atoms with Crippen LogP contribution in [0.15, 0.2) is 24.3 Å². The molecule has 0 amide bonds. The summed E-state index contributed by atoms with van der Waals surface area (Å²) in [5, 5.41) is 8.58. The molecule has 1 aromatic rings. The second-order valence-electron chi connectivity index (χ2n) is 4.27. The Labute approximate surface area is 100 Å². The molecule has 1 aliphatic carbocycles. The van der Waals surface area contributed by atoms with Gasteiger partial charge in [-0.25, -0.2) is 4.89 Å². The molecule has 2 rings (SSSR count). The van der Waals surface area contributed by atoms with Gasteiger partial charge in [0, 0.05) is 5.92 Å². The van der Waals surface area contributed by atoms with E-state index in [-0.39, 0.29) is 18.5 Å². The van der Waals surface area contributed by atoms with Gasteiger partial charge in [-0.3, -0.25) is 10.1 Å². The van der Waals surface area contributed by atoms with Gasteiger partial charge in [0.25, 0.3) is 0 Å². The second kappa shape index (κ2) is 5.29. The summed E-state index contributed by atoms with van der Waals surface area (Å²) in [5.74, 6) is -0.694. The Morgan fingerprint density at radius 2 is 2.29 bits per heavy atom. The molecule has 4 nitrogen and oxygen atoms in total. The van der Waals surface area contributed by atoms with Crippen molar-refractivity contribution in [3.8, 4) is 0 Å². The Morgan fingerprint density at radius 1 is 1.53 bits per heavy atom. The first-order valence-corrected chi connectivity index (χ1v) is 5.70. The standard InChI is InChI=1S/C13H16O4/c1-16-13(14)12(8-17-15)11-7-6-9-4-2-3-5-10(9)11/h2-5,11-12,15H,6-8H2,1H3. The summed E-state index contributed by atoms with van der Waals surface area (Å²) in [7, 11) is 1.35. The van der Waals surface area contributed by atoms with Gasteiger partial charge in [-0.2, -0.15) is 0 Å². The van der Waals surface area contributed by atoms with E-state index < -0.39 is 5.92 Å². The zero-order valence-electron chi connectivity index (χ0n) is 9.76. The fourth-order valence-electron chi connectivity index (χ4n) is 2.59. The van der Waals surface area contributed by atoms with Crippen LogP contribution >= 0.6 is 0 Å². The molecule has 0 aliphatic heterocycles. The van der Waals surface area contributed by atoms with E-state index in [9.17, 15) is 4.79 Å². The lowest BCUT2D eigenvalue weighted by Crippen LogP contribution is -2.26. The van der Waals surface area contributed by atoms with Gasteiger partial charge < -0.3 is 4.74 Å². The summed E-state index contributed by atoms with van der Waals surface area (Å²) in [6, 6.07) is 8.06. The third-order valence-electron chi connectivity index (χ3n) is 3.42. The zero-order valence-corrected chi connectivity index (χ0v) is 9.76. The Hall–Kier alpha value is -1.39. The second-order valence-corrected chi connectivity index (χ2v) is 4.27. The Kier molecular flexibility index (Phi) is 3.76. The smallest absolute Gasteiger partial charge is 0.311 e. The molecule has 0 radical (unpaired) electrons. The van der Waals surface area contributed by atoms with Crippen molar-refractivity contribution in [1.29, 1.82) is 0 Å². The minimum atomic E-state index is -0.436. The van der Waals surface area contributed by atoms with Gasteiger partial charge in [0.15, 0.2) is 0 Å². The number of carbonyl (C=O) groups is 1. The number of rotatable bonds is 4. The molecule has 0 spiro atoms. The maximum atomic E-state index is 11.7. The highest BCUT2D eigenvalue weighted by atomic mass is 17.1. The predicted octanol–water partition coefficient (Wildman–Crippen LogP) is 2.00. The number of hydrogen-bond donors (Lipinski definition) is 1. The maximum Gasteiger partial charge on any atom is 0.311 e. The molecule has 0 saturated heterocycles. The van der Waals surface area contributed by atoms with Crippen LogP contribution in [-0.4, -0.2) is 24.9 Å². The molecule has 1 aromatic carbocycles. The van der Waals surface area contributed by atoms with Crippen LogP contribution in [0.1, 0.15) is 23.5 Å². The number of hydrogen-bond acceptors (Lipinski definition) is 4. The summed E-state index contributed by atoms with van der Waals surface area (Å²) in [6.07, 6.45) is 1.85.